The maximum Gasteiger partial charge on any atom is 0.419 e. The minimum Gasteiger partial charge on any atom is -0.456 e. The summed E-state index contributed by atoms with van der Waals surface area (Å²) >= 11 is 0. The highest BCUT2D eigenvalue weighted by atomic mass is 16.5. The molecule has 1 aromatic carbocycles. The molecule has 1 aliphatic carbocycles. The first-order chi connectivity index (χ1) is 12.5. The Balaban J connectivity index is 1.46. The molecule has 1 aliphatic rings. The smallest absolute Gasteiger partial charge is 0.419 e. The van der Waals surface area contributed by atoms with Gasteiger partial charge in [0.25, 0.3) is 5.91 Å². The van der Waals surface area contributed by atoms with E-state index in [1.54, 1.807) is 24.3 Å². The molecule has 7 nitrogen and oxygen atoms in total. The van der Waals surface area contributed by atoms with Gasteiger partial charge in [0.15, 0.2) is 12.2 Å². The summed E-state index contributed by atoms with van der Waals surface area (Å²) < 4.78 is 11.5. The van der Waals surface area contributed by atoms with Crippen molar-refractivity contribution in [3.05, 3.63) is 34.8 Å². The molecule has 1 saturated carbocycles. The van der Waals surface area contributed by atoms with E-state index in [1.807, 2.05) is 0 Å². The molecule has 3 rings (SSSR count). The van der Waals surface area contributed by atoms with Gasteiger partial charge in [0.05, 0.1) is 11.9 Å². The lowest BCUT2D eigenvalue weighted by Gasteiger charge is -2.29. The zero-order valence-corrected chi connectivity index (χ0v) is 14.9. The number of nitrogens with zero attached hydrogens (tertiary/aromatic N) is 1. The van der Waals surface area contributed by atoms with Crippen LogP contribution < -0.4 is 11.1 Å². The van der Waals surface area contributed by atoms with Crippen molar-refractivity contribution in [3.63, 3.8) is 0 Å². The van der Waals surface area contributed by atoms with Crippen molar-refractivity contribution in [2.24, 2.45) is 5.92 Å². The normalized spacial score (nSPS) is 20.0. The first-order valence-electron chi connectivity index (χ1n) is 9.08. The number of esters is 1. The highest BCUT2D eigenvalue weighted by molar-refractivity contribution is 5.80. The van der Waals surface area contributed by atoms with Crippen molar-refractivity contribution < 1.29 is 18.7 Å². The van der Waals surface area contributed by atoms with Crippen LogP contribution in [0.5, 0.6) is 0 Å². The van der Waals surface area contributed by atoms with E-state index in [-0.39, 0.29) is 31.5 Å². The summed E-state index contributed by atoms with van der Waals surface area (Å²) in [7, 11) is 0. The molecule has 0 radical (unpaired) electrons. The Labute approximate surface area is 151 Å². The number of para-hydroxylation sites is 2. The molecule has 1 amide bonds. The van der Waals surface area contributed by atoms with Crippen LogP contribution in [0.15, 0.2) is 33.5 Å². The van der Waals surface area contributed by atoms with Crippen LogP contribution in [0.3, 0.4) is 0 Å². The lowest BCUT2D eigenvalue weighted by atomic mass is 9.86. The SMILES string of the molecule is C[C@@H]1CCCC[C@H]1NC(=O)COC(=O)CCn1c(=O)oc2ccccc21. The van der Waals surface area contributed by atoms with Crippen molar-refractivity contribution in [1.29, 1.82) is 0 Å². The van der Waals surface area contributed by atoms with Crippen molar-refractivity contribution in [1.82, 2.24) is 9.88 Å². The zero-order chi connectivity index (χ0) is 18.5. The molecule has 0 unspecified atom stereocenters. The van der Waals surface area contributed by atoms with Crippen LogP contribution in [0.1, 0.15) is 39.0 Å². The Kier molecular flexibility index (Phi) is 5.75. The number of rotatable bonds is 6. The third-order valence-corrected chi connectivity index (χ3v) is 4.94. The van der Waals surface area contributed by atoms with Gasteiger partial charge in [0.1, 0.15) is 0 Å². The summed E-state index contributed by atoms with van der Waals surface area (Å²) in [6, 6.07) is 7.18. The maximum absolute atomic E-state index is 12.0. The minimum atomic E-state index is -0.519. The number of fused-ring (bicyclic) bond motifs is 1. The molecule has 7 heteroatoms. The number of aromatic nitrogens is 1. The van der Waals surface area contributed by atoms with Gasteiger partial charge in [-0.2, -0.15) is 0 Å². The summed E-state index contributed by atoms with van der Waals surface area (Å²) in [4.78, 5) is 35.7. The third kappa shape index (κ3) is 4.33. The van der Waals surface area contributed by atoms with E-state index >= 15 is 0 Å². The molecule has 26 heavy (non-hydrogen) atoms. The van der Waals surface area contributed by atoms with Gasteiger partial charge in [-0.15, -0.1) is 0 Å². The van der Waals surface area contributed by atoms with Gasteiger partial charge in [-0.1, -0.05) is 31.9 Å². The molecule has 2 aromatic rings. The van der Waals surface area contributed by atoms with Gasteiger partial charge in [-0.25, -0.2) is 4.79 Å². The first kappa shape index (κ1) is 18.2. The highest BCUT2D eigenvalue weighted by Gasteiger charge is 2.23. The first-order valence-corrected chi connectivity index (χ1v) is 9.08. The summed E-state index contributed by atoms with van der Waals surface area (Å²) in [6.07, 6.45) is 4.39. The summed E-state index contributed by atoms with van der Waals surface area (Å²) in [6.45, 7) is 1.99. The van der Waals surface area contributed by atoms with Gasteiger partial charge in [0, 0.05) is 12.6 Å². The van der Waals surface area contributed by atoms with Gasteiger partial charge in [0.2, 0.25) is 0 Å². The molecule has 0 saturated heterocycles. The fraction of sp³-hybridized carbons (Fsp3) is 0.526. The van der Waals surface area contributed by atoms with Crippen LogP contribution in [0.4, 0.5) is 0 Å². The Morgan fingerprint density at radius 2 is 2.04 bits per heavy atom. The number of amides is 1. The van der Waals surface area contributed by atoms with Crippen molar-refractivity contribution in [2.45, 2.75) is 51.6 Å². The zero-order valence-electron chi connectivity index (χ0n) is 14.9. The number of hydrogen-bond donors (Lipinski definition) is 1. The van der Waals surface area contributed by atoms with E-state index in [0.717, 1.165) is 19.3 Å². The van der Waals surface area contributed by atoms with Gasteiger partial charge in [-0.3, -0.25) is 14.2 Å². The Morgan fingerprint density at radius 1 is 1.27 bits per heavy atom. The second-order valence-electron chi connectivity index (χ2n) is 6.83. The van der Waals surface area contributed by atoms with Gasteiger partial charge < -0.3 is 14.5 Å². The van der Waals surface area contributed by atoms with E-state index in [0.29, 0.717) is 17.0 Å². The molecule has 1 fully saturated rings. The predicted octanol–water partition coefficient (Wildman–Crippen LogP) is 2.22. The molecule has 1 N–H and O–H groups in total. The monoisotopic (exact) mass is 360 g/mol. The molecule has 0 bridgehead atoms. The van der Waals surface area contributed by atoms with Crippen molar-refractivity contribution >= 4 is 23.0 Å². The second-order valence-corrected chi connectivity index (χ2v) is 6.83. The molecule has 1 aromatic heterocycles. The number of carbonyl (C=O) groups excluding carboxylic acids is 2. The number of benzene rings is 1. The molecule has 0 aliphatic heterocycles. The molecule has 1 heterocycles. The van der Waals surface area contributed by atoms with Crippen LogP contribution in [0, 0.1) is 5.92 Å². The molecule has 140 valence electrons. The fourth-order valence-electron chi connectivity index (χ4n) is 3.43. The average Bonchev–Trinajstić information content (AvgIpc) is 2.95. The standard InChI is InChI=1S/C19H24N2O5/c1-13-6-2-3-7-14(13)20-17(22)12-25-18(23)10-11-21-15-8-4-5-9-16(15)26-19(21)24/h4-5,8-9,13-14H,2-3,6-7,10-12H2,1H3,(H,20,22)/t13-,14-/m1/s1. The van der Waals surface area contributed by atoms with Gasteiger partial charge >= 0.3 is 11.7 Å². The Bertz CT molecular complexity index is 838. The Hall–Kier alpha value is -2.57. The molecule has 2 atom stereocenters. The quantitative estimate of drug-likeness (QED) is 0.798. The number of hydrogen-bond acceptors (Lipinski definition) is 5. The number of oxazole rings is 1. The van der Waals surface area contributed by atoms with Crippen molar-refractivity contribution in [3.8, 4) is 0 Å². The topological polar surface area (TPSA) is 90.5 Å². The van der Waals surface area contributed by atoms with Crippen molar-refractivity contribution in [2.75, 3.05) is 6.61 Å². The van der Waals surface area contributed by atoms with E-state index in [2.05, 4.69) is 12.2 Å². The van der Waals surface area contributed by atoms with Crippen LogP contribution in [-0.2, 0) is 20.9 Å². The number of ether oxygens (including phenoxy) is 1. The largest absolute Gasteiger partial charge is 0.456 e. The Morgan fingerprint density at radius 3 is 2.85 bits per heavy atom. The van der Waals surface area contributed by atoms with E-state index in [9.17, 15) is 14.4 Å². The predicted molar refractivity (Wildman–Crippen MR) is 95.6 cm³/mol. The second kappa shape index (κ2) is 8.21. The van der Waals surface area contributed by atoms with E-state index in [4.69, 9.17) is 9.15 Å². The van der Waals surface area contributed by atoms with Crippen LogP contribution in [0.25, 0.3) is 11.1 Å². The summed E-state index contributed by atoms with van der Waals surface area (Å²) in [5, 5.41) is 2.94. The maximum atomic E-state index is 12.0. The summed E-state index contributed by atoms with van der Waals surface area (Å²) in [5.41, 5.74) is 1.11. The third-order valence-electron chi connectivity index (χ3n) is 4.94. The number of nitrogens with one attached hydrogen (secondary N) is 1. The lowest BCUT2D eigenvalue weighted by Crippen LogP contribution is -2.42. The number of carbonyl (C=O) groups is 2. The fourth-order valence-corrected chi connectivity index (χ4v) is 3.43. The highest BCUT2D eigenvalue weighted by Crippen LogP contribution is 2.23. The lowest BCUT2D eigenvalue weighted by molar-refractivity contribution is -0.149. The number of aryl methyl sites for hydroxylation is 1. The van der Waals surface area contributed by atoms with Crippen LogP contribution in [-0.4, -0.2) is 29.1 Å². The van der Waals surface area contributed by atoms with E-state index < -0.39 is 11.7 Å². The molecular weight excluding hydrogens is 336 g/mol. The molecular formula is C19H24N2O5. The van der Waals surface area contributed by atoms with Crippen LogP contribution >= 0.6 is 0 Å². The van der Waals surface area contributed by atoms with Crippen LogP contribution in [0.2, 0.25) is 0 Å². The average molecular weight is 360 g/mol. The molecule has 0 spiro atoms. The summed E-state index contributed by atoms with van der Waals surface area (Å²) in [5.74, 6) is -0.857. The van der Waals surface area contributed by atoms with E-state index in [1.165, 1.54) is 11.0 Å². The minimum absolute atomic E-state index is 0.00343. The van der Waals surface area contributed by atoms with Gasteiger partial charge in [-0.05, 0) is 30.9 Å².